The fourth-order valence-electron chi connectivity index (χ4n) is 1.87. The molecule has 0 aromatic heterocycles. The van der Waals surface area contributed by atoms with Crippen molar-refractivity contribution in [3.63, 3.8) is 0 Å². The van der Waals surface area contributed by atoms with Gasteiger partial charge in [-0.05, 0) is 23.3 Å². The van der Waals surface area contributed by atoms with Gasteiger partial charge in [0, 0.05) is 10.6 Å². The van der Waals surface area contributed by atoms with Crippen molar-refractivity contribution >= 4 is 23.4 Å². The maximum absolute atomic E-state index is 11.9. The third kappa shape index (κ3) is 3.20. The number of carboxylic acids is 1. The first-order valence-corrected chi connectivity index (χ1v) is 6.05. The van der Waals surface area contributed by atoms with Crippen LogP contribution in [0.15, 0.2) is 48.5 Å². The molecule has 3 nitrogen and oxygen atoms in total. The molecule has 0 atom stereocenters. The van der Waals surface area contributed by atoms with Crippen molar-refractivity contribution in [2.24, 2.45) is 0 Å². The zero-order chi connectivity index (χ0) is 13.8. The highest BCUT2D eigenvalue weighted by Gasteiger charge is 2.15. The Bertz CT molecular complexity index is 635. The molecule has 0 aliphatic heterocycles. The second-order valence-corrected chi connectivity index (χ2v) is 4.49. The van der Waals surface area contributed by atoms with E-state index in [1.165, 1.54) is 0 Å². The van der Waals surface area contributed by atoms with E-state index in [4.69, 9.17) is 16.7 Å². The molecule has 0 fully saturated rings. The van der Waals surface area contributed by atoms with Gasteiger partial charge in [0.05, 0.1) is 0 Å². The highest BCUT2D eigenvalue weighted by atomic mass is 35.5. The Kier molecular flexibility index (Phi) is 3.97. The molecule has 4 heteroatoms. The monoisotopic (exact) mass is 274 g/mol. The summed E-state index contributed by atoms with van der Waals surface area (Å²) in [6.07, 6.45) is -0.516. The van der Waals surface area contributed by atoms with Crippen molar-refractivity contribution in [2.75, 3.05) is 0 Å². The predicted octanol–water partition coefficient (Wildman–Crippen LogP) is 3.66. The molecule has 0 saturated heterocycles. The molecule has 0 bridgehead atoms. The van der Waals surface area contributed by atoms with E-state index in [-0.39, 0.29) is 0 Å². The minimum absolute atomic E-state index is 0.396. The Morgan fingerprint density at radius 2 is 1.79 bits per heavy atom. The molecule has 19 heavy (non-hydrogen) atoms. The first kappa shape index (κ1) is 13.3. The van der Waals surface area contributed by atoms with Gasteiger partial charge < -0.3 is 5.11 Å². The van der Waals surface area contributed by atoms with E-state index >= 15 is 0 Å². The lowest BCUT2D eigenvalue weighted by Crippen LogP contribution is -2.08. The summed E-state index contributed by atoms with van der Waals surface area (Å²) in [5.41, 5.74) is 1.88. The van der Waals surface area contributed by atoms with Crippen LogP contribution in [0.2, 0.25) is 5.02 Å². The zero-order valence-corrected chi connectivity index (χ0v) is 10.7. The van der Waals surface area contributed by atoms with Crippen LogP contribution in [0, 0.1) is 0 Å². The van der Waals surface area contributed by atoms with Crippen LogP contribution in [0.25, 0.3) is 11.1 Å². The van der Waals surface area contributed by atoms with Crippen LogP contribution in [0.5, 0.6) is 0 Å². The number of Topliss-reactive ketones (excluding diaryl/α,β-unsaturated/α-hetero) is 1. The summed E-state index contributed by atoms with van der Waals surface area (Å²) in [5.74, 6) is -1.55. The van der Waals surface area contributed by atoms with Crippen molar-refractivity contribution in [1.29, 1.82) is 0 Å². The summed E-state index contributed by atoms with van der Waals surface area (Å²) < 4.78 is 0. The Labute approximate surface area is 115 Å². The van der Waals surface area contributed by atoms with E-state index in [1.807, 2.05) is 6.07 Å². The van der Waals surface area contributed by atoms with Crippen LogP contribution >= 0.6 is 11.6 Å². The van der Waals surface area contributed by atoms with E-state index in [0.717, 1.165) is 5.56 Å². The number of halogens is 1. The number of benzene rings is 2. The second kappa shape index (κ2) is 5.67. The molecular formula is C15H11ClO3. The van der Waals surface area contributed by atoms with Gasteiger partial charge in [-0.15, -0.1) is 0 Å². The van der Waals surface area contributed by atoms with Gasteiger partial charge in [0.15, 0.2) is 5.78 Å². The van der Waals surface area contributed by atoms with E-state index in [2.05, 4.69) is 0 Å². The highest BCUT2D eigenvalue weighted by Crippen LogP contribution is 2.26. The van der Waals surface area contributed by atoms with Crippen LogP contribution in [-0.4, -0.2) is 16.9 Å². The molecule has 0 unspecified atom stereocenters. The maximum Gasteiger partial charge on any atom is 0.311 e. The summed E-state index contributed by atoms with van der Waals surface area (Å²) >= 11 is 5.93. The summed E-state index contributed by atoms with van der Waals surface area (Å²) in [6, 6.07) is 14.0. The van der Waals surface area contributed by atoms with E-state index < -0.39 is 18.2 Å². The van der Waals surface area contributed by atoms with Crippen LogP contribution in [0.3, 0.4) is 0 Å². The molecule has 1 N–H and O–H groups in total. The average molecular weight is 275 g/mol. The lowest BCUT2D eigenvalue weighted by Gasteiger charge is -2.08. The molecule has 2 aromatic carbocycles. The summed E-state index contributed by atoms with van der Waals surface area (Å²) in [6.45, 7) is 0. The van der Waals surface area contributed by atoms with Crippen LogP contribution in [0.4, 0.5) is 0 Å². The minimum Gasteiger partial charge on any atom is -0.481 e. The third-order valence-corrected chi connectivity index (χ3v) is 2.91. The Morgan fingerprint density at radius 3 is 2.47 bits per heavy atom. The first-order valence-electron chi connectivity index (χ1n) is 5.68. The van der Waals surface area contributed by atoms with Crippen molar-refractivity contribution in [2.45, 2.75) is 6.42 Å². The molecule has 0 aliphatic rings. The van der Waals surface area contributed by atoms with Crippen LogP contribution in [-0.2, 0) is 4.79 Å². The third-order valence-electron chi connectivity index (χ3n) is 2.67. The van der Waals surface area contributed by atoms with E-state index in [1.54, 1.807) is 42.5 Å². The fraction of sp³-hybridized carbons (Fsp3) is 0.0667. The van der Waals surface area contributed by atoms with Gasteiger partial charge >= 0.3 is 5.97 Å². The SMILES string of the molecule is O=C(O)CC(=O)c1ccccc1-c1cccc(Cl)c1. The summed E-state index contributed by atoms with van der Waals surface area (Å²) in [5, 5.41) is 9.28. The molecule has 96 valence electrons. The quantitative estimate of drug-likeness (QED) is 0.684. The normalized spacial score (nSPS) is 10.2. The van der Waals surface area contributed by atoms with Gasteiger partial charge in [0.1, 0.15) is 6.42 Å². The Morgan fingerprint density at radius 1 is 1.05 bits per heavy atom. The van der Waals surface area contributed by atoms with Gasteiger partial charge in [-0.3, -0.25) is 9.59 Å². The Balaban J connectivity index is 2.47. The molecule has 0 aliphatic carbocycles. The first-order chi connectivity index (χ1) is 9.08. The van der Waals surface area contributed by atoms with Crippen molar-refractivity contribution in [1.82, 2.24) is 0 Å². The van der Waals surface area contributed by atoms with E-state index in [0.29, 0.717) is 16.1 Å². The van der Waals surface area contributed by atoms with Gasteiger partial charge in [0.25, 0.3) is 0 Å². The number of ketones is 1. The smallest absolute Gasteiger partial charge is 0.311 e. The zero-order valence-electron chi connectivity index (χ0n) is 9.97. The second-order valence-electron chi connectivity index (χ2n) is 4.05. The van der Waals surface area contributed by atoms with E-state index in [9.17, 15) is 9.59 Å². The maximum atomic E-state index is 11.9. The molecule has 0 saturated carbocycles. The fourth-order valence-corrected chi connectivity index (χ4v) is 2.06. The molecule has 2 rings (SSSR count). The number of carbonyl (C=O) groups is 2. The van der Waals surface area contributed by atoms with Crippen LogP contribution in [0.1, 0.15) is 16.8 Å². The largest absolute Gasteiger partial charge is 0.481 e. The number of carbonyl (C=O) groups excluding carboxylic acids is 1. The standard InChI is InChI=1S/C15H11ClO3/c16-11-5-3-4-10(8-11)12-6-1-2-7-13(12)14(17)9-15(18)19/h1-8H,9H2,(H,18,19). The molecule has 0 amide bonds. The molecule has 0 spiro atoms. The van der Waals surface area contributed by atoms with Crippen molar-refractivity contribution < 1.29 is 14.7 Å². The lowest BCUT2D eigenvalue weighted by molar-refractivity contribution is -0.135. The predicted molar refractivity (Wildman–Crippen MR) is 73.5 cm³/mol. The van der Waals surface area contributed by atoms with Gasteiger partial charge in [-0.2, -0.15) is 0 Å². The number of hydrogen-bond acceptors (Lipinski definition) is 2. The number of hydrogen-bond donors (Lipinski definition) is 1. The van der Waals surface area contributed by atoms with Gasteiger partial charge in [0.2, 0.25) is 0 Å². The van der Waals surface area contributed by atoms with Crippen LogP contribution < -0.4 is 0 Å². The number of rotatable bonds is 4. The van der Waals surface area contributed by atoms with Gasteiger partial charge in [-0.25, -0.2) is 0 Å². The number of carboxylic acid groups (broad SMARTS) is 1. The van der Waals surface area contributed by atoms with Gasteiger partial charge in [-0.1, -0.05) is 48.0 Å². The highest BCUT2D eigenvalue weighted by molar-refractivity contribution is 6.30. The Hall–Kier alpha value is -2.13. The van der Waals surface area contributed by atoms with Crippen molar-refractivity contribution in [3.8, 4) is 11.1 Å². The molecule has 2 aromatic rings. The topological polar surface area (TPSA) is 54.4 Å². The lowest BCUT2D eigenvalue weighted by atomic mass is 9.96. The minimum atomic E-state index is -1.13. The van der Waals surface area contributed by atoms with Crippen molar-refractivity contribution in [3.05, 3.63) is 59.1 Å². The molecular weight excluding hydrogens is 264 g/mol. The average Bonchev–Trinajstić information content (AvgIpc) is 2.38. The molecule has 0 heterocycles. The summed E-state index contributed by atoms with van der Waals surface area (Å²) in [7, 11) is 0. The summed E-state index contributed by atoms with van der Waals surface area (Å²) in [4.78, 5) is 22.6. The molecule has 0 radical (unpaired) electrons. The number of aliphatic carboxylic acids is 1.